The quantitative estimate of drug-likeness (QED) is 0.325. The van der Waals surface area contributed by atoms with Gasteiger partial charge in [-0.05, 0) is 42.0 Å². The van der Waals surface area contributed by atoms with Gasteiger partial charge < -0.3 is 19.9 Å². The van der Waals surface area contributed by atoms with E-state index in [0.29, 0.717) is 23.8 Å². The predicted molar refractivity (Wildman–Crippen MR) is 128 cm³/mol. The Morgan fingerprint density at radius 1 is 1.03 bits per heavy atom. The van der Waals surface area contributed by atoms with Crippen LogP contribution >= 0.6 is 31.9 Å². The molecule has 0 fully saturated rings. The third-order valence-corrected chi connectivity index (χ3v) is 6.48. The highest BCUT2D eigenvalue weighted by atomic mass is 79.9. The van der Waals surface area contributed by atoms with Crippen molar-refractivity contribution >= 4 is 49.4 Å². The Bertz CT molecular complexity index is 1060. The van der Waals surface area contributed by atoms with Crippen molar-refractivity contribution in [2.75, 3.05) is 17.3 Å². The smallest absolute Gasteiger partial charge is 0.337 e. The number of aromatic nitrogens is 1. The van der Waals surface area contributed by atoms with Gasteiger partial charge in [-0.3, -0.25) is 4.79 Å². The zero-order valence-electron chi connectivity index (χ0n) is 16.8. The predicted octanol–water partition coefficient (Wildman–Crippen LogP) is 5.29. The molecular weight excluding hydrogens is 544 g/mol. The number of carboxylic acid groups (broad SMARTS) is 1. The first kappa shape index (κ1) is 23.7. The maximum Gasteiger partial charge on any atom is 0.337 e. The van der Waals surface area contributed by atoms with Crippen molar-refractivity contribution in [2.45, 2.75) is 11.2 Å². The van der Waals surface area contributed by atoms with Crippen molar-refractivity contribution in [3.63, 3.8) is 0 Å². The Balaban J connectivity index is 1.54. The molecule has 0 saturated heterocycles. The SMILES string of the molecule is O=C(Cc1ccc(Oc2ccc(OCC(Br)CBr)cc2)nc1)Nc1ccccc1C(=O)O. The fraction of sp³-hybridized carbons (Fsp3) is 0.174. The highest BCUT2D eigenvalue weighted by Crippen LogP contribution is 2.23. The number of benzene rings is 2. The average molecular weight is 564 g/mol. The van der Waals surface area contributed by atoms with Crippen LogP contribution in [-0.4, -0.2) is 38.7 Å². The van der Waals surface area contributed by atoms with Gasteiger partial charge in [-0.2, -0.15) is 0 Å². The molecule has 0 aliphatic rings. The highest BCUT2D eigenvalue weighted by Gasteiger charge is 2.12. The molecule has 0 saturated carbocycles. The summed E-state index contributed by atoms with van der Waals surface area (Å²) in [6, 6.07) is 16.9. The second kappa shape index (κ2) is 11.6. The van der Waals surface area contributed by atoms with Gasteiger partial charge in [0.1, 0.15) is 18.1 Å². The molecule has 0 aliphatic carbocycles. The summed E-state index contributed by atoms with van der Waals surface area (Å²) in [6.07, 6.45) is 1.60. The number of carboxylic acids is 1. The van der Waals surface area contributed by atoms with E-state index in [1.165, 1.54) is 6.07 Å². The minimum absolute atomic E-state index is 0.0364. The maximum absolute atomic E-state index is 12.3. The van der Waals surface area contributed by atoms with E-state index in [2.05, 4.69) is 42.2 Å². The number of hydrogen-bond donors (Lipinski definition) is 2. The van der Waals surface area contributed by atoms with Gasteiger partial charge in [0.05, 0.1) is 22.5 Å². The number of hydrogen-bond acceptors (Lipinski definition) is 5. The molecule has 9 heteroatoms. The lowest BCUT2D eigenvalue weighted by molar-refractivity contribution is -0.115. The standard InChI is InChI=1S/C23H20Br2N2O5/c24-12-16(25)14-31-17-6-8-18(9-7-17)32-22-10-5-15(13-26-22)11-21(28)27-20-4-2-1-3-19(20)23(29)30/h1-10,13,16H,11-12,14H2,(H,27,28)(H,29,30). The zero-order valence-corrected chi connectivity index (χ0v) is 20.0. The minimum atomic E-state index is -1.10. The fourth-order valence-electron chi connectivity index (χ4n) is 2.69. The van der Waals surface area contributed by atoms with Gasteiger partial charge in [0, 0.05) is 17.6 Å². The number of halogens is 2. The zero-order chi connectivity index (χ0) is 22.9. The minimum Gasteiger partial charge on any atom is -0.492 e. The molecule has 2 N–H and O–H groups in total. The molecule has 0 radical (unpaired) electrons. The van der Waals surface area contributed by atoms with Crippen molar-refractivity contribution in [2.24, 2.45) is 0 Å². The van der Waals surface area contributed by atoms with E-state index in [0.717, 1.165) is 11.1 Å². The lowest BCUT2D eigenvalue weighted by Gasteiger charge is -2.10. The first-order chi connectivity index (χ1) is 15.4. The van der Waals surface area contributed by atoms with E-state index < -0.39 is 5.97 Å². The molecule has 166 valence electrons. The second-order valence-electron chi connectivity index (χ2n) is 6.72. The van der Waals surface area contributed by atoms with Gasteiger partial charge in [0.15, 0.2) is 0 Å². The molecular formula is C23H20Br2N2O5. The second-order valence-corrected chi connectivity index (χ2v) is 8.66. The summed E-state index contributed by atoms with van der Waals surface area (Å²) in [4.78, 5) is 28.0. The number of nitrogens with zero attached hydrogens (tertiary/aromatic N) is 1. The summed E-state index contributed by atoms with van der Waals surface area (Å²) in [7, 11) is 0. The van der Waals surface area contributed by atoms with Crippen molar-refractivity contribution in [1.82, 2.24) is 4.98 Å². The number of carbonyl (C=O) groups is 2. The summed E-state index contributed by atoms with van der Waals surface area (Å²) in [5.41, 5.74) is 0.959. The summed E-state index contributed by atoms with van der Waals surface area (Å²) >= 11 is 6.87. The maximum atomic E-state index is 12.3. The fourth-order valence-corrected chi connectivity index (χ4v) is 3.01. The molecule has 0 aliphatic heterocycles. The van der Waals surface area contributed by atoms with Crippen LogP contribution in [0.3, 0.4) is 0 Å². The Labute approximate surface area is 202 Å². The number of pyridine rings is 1. The number of rotatable bonds is 10. The van der Waals surface area contributed by atoms with Crippen LogP contribution in [0.2, 0.25) is 0 Å². The van der Waals surface area contributed by atoms with Crippen LogP contribution in [0.15, 0.2) is 66.9 Å². The third kappa shape index (κ3) is 7.06. The lowest BCUT2D eigenvalue weighted by atomic mass is 10.1. The molecule has 1 unspecified atom stereocenters. The molecule has 3 aromatic rings. The number of carbonyl (C=O) groups excluding carboxylic acids is 1. The van der Waals surface area contributed by atoms with Crippen LogP contribution in [0.5, 0.6) is 17.4 Å². The topological polar surface area (TPSA) is 97.8 Å². The van der Waals surface area contributed by atoms with E-state index in [-0.39, 0.29) is 28.4 Å². The van der Waals surface area contributed by atoms with Crippen LogP contribution < -0.4 is 14.8 Å². The van der Waals surface area contributed by atoms with Crippen LogP contribution in [0.25, 0.3) is 0 Å². The summed E-state index contributed by atoms with van der Waals surface area (Å²) in [5.74, 6) is 0.294. The number of anilines is 1. The lowest BCUT2D eigenvalue weighted by Crippen LogP contribution is -2.16. The van der Waals surface area contributed by atoms with Gasteiger partial charge in [-0.25, -0.2) is 9.78 Å². The van der Waals surface area contributed by atoms with Crippen LogP contribution in [0.4, 0.5) is 5.69 Å². The van der Waals surface area contributed by atoms with E-state index in [1.54, 1.807) is 48.7 Å². The first-order valence-electron chi connectivity index (χ1n) is 9.62. The Morgan fingerprint density at radius 2 is 1.75 bits per heavy atom. The number of alkyl halides is 2. The normalized spacial score (nSPS) is 11.4. The number of ether oxygens (including phenoxy) is 2. The average Bonchev–Trinajstić information content (AvgIpc) is 2.80. The van der Waals surface area contributed by atoms with Gasteiger partial charge >= 0.3 is 5.97 Å². The van der Waals surface area contributed by atoms with Crippen molar-refractivity contribution in [3.8, 4) is 17.4 Å². The molecule has 1 heterocycles. The van der Waals surface area contributed by atoms with Crippen molar-refractivity contribution in [3.05, 3.63) is 78.0 Å². The van der Waals surface area contributed by atoms with Crippen LogP contribution in [0.1, 0.15) is 15.9 Å². The molecule has 32 heavy (non-hydrogen) atoms. The van der Waals surface area contributed by atoms with Gasteiger partial charge in [-0.1, -0.05) is 50.1 Å². The van der Waals surface area contributed by atoms with Gasteiger partial charge in [-0.15, -0.1) is 0 Å². The number of nitrogens with one attached hydrogen (secondary N) is 1. The Hall–Kier alpha value is -2.91. The van der Waals surface area contributed by atoms with Gasteiger partial charge in [0.2, 0.25) is 11.8 Å². The molecule has 0 bridgehead atoms. The monoisotopic (exact) mass is 562 g/mol. The van der Waals surface area contributed by atoms with E-state index in [4.69, 9.17) is 9.47 Å². The Morgan fingerprint density at radius 3 is 2.41 bits per heavy atom. The molecule has 1 aromatic heterocycles. The van der Waals surface area contributed by atoms with Crippen LogP contribution in [0, 0.1) is 0 Å². The number of para-hydroxylation sites is 1. The van der Waals surface area contributed by atoms with E-state index in [1.807, 2.05) is 12.1 Å². The number of aromatic carboxylic acids is 1. The summed E-state index contributed by atoms with van der Waals surface area (Å²) in [5, 5.41) is 12.6. The Kier molecular flexibility index (Phi) is 8.64. The first-order valence-corrected chi connectivity index (χ1v) is 11.7. The number of amides is 1. The van der Waals surface area contributed by atoms with Crippen molar-refractivity contribution in [1.29, 1.82) is 0 Å². The van der Waals surface area contributed by atoms with E-state index in [9.17, 15) is 14.7 Å². The molecule has 3 rings (SSSR count). The summed E-state index contributed by atoms with van der Waals surface area (Å²) in [6.45, 7) is 0.546. The van der Waals surface area contributed by atoms with Gasteiger partial charge in [0.25, 0.3) is 0 Å². The van der Waals surface area contributed by atoms with Crippen LogP contribution in [-0.2, 0) is 11.2 Å². The molecule has 2 aromatic carbocycles. The molecule has 1 atom stereocenters. The summed E-state index contributed by atoms with van der Waals surface area (Å²) < 4.78 is 11.4. The molecule has 0 spiro atoms. The van der Waals surface area contributed by atoms with Crippen molar-refractivity contribution < 1.29 is 24.2 Å². The third-order valence-electron chi connectivity index (χ3n) is 4.24. The molecule has 7 nitrogen and oxygen atoms in total. The molecule has 1 amide bonds. The largest absolute Gasteiger partial charge is 0.492 e. The van der Waals surface area contributed by atoms with E-state index >= 15 is 0 Å². The highest BCUT2D eigenvalue weighted by molar-refractivity contribution is 9.12.